The molecule has 0 aromatic carbocycles. The van der Waals surface area contributed by atoms with Gasteiger partial charge in [-0.15, -0.1) is 17.8 Å². The van der Waals surface area contributed by atoms with Gasteiger partial charge in [0.1, 0.15) is 0 Å². The average Bonchev–Trinajstić information content (AvgIpc) is 2.77. The molecular formula is C11H16N2O2S2. The predicted molar refractivity (Wildman–Crippen MR) is 70.1 cm³/mol. The van der Waals surface area contributed by atoms with Crippen LogP contribution in [-0.2, 0) is 16.6 Å². The molecule has 2 N–H and O–H groups in total. The van der Waals surface area contributed by atoms with Crippen LogP contribution in [0.1, 0.15) is 18.2 Å². The molecule has 0 spiro atoms. The van der Waals surface area contributed by atoms with Crippen molar-refractivity contribution in [3.63, 3.8) is 0 Å². The minimum atomic E-state index is -3.50. The lowest BCUT2D eigenvalue weighted by Crippen LogP contribution is -2.32. The molecule has 0 atom stereocenters. The van der Waals surface area contributed by atoms with Gasteiger partial charge < -0.3 is 5.73 Å². The molecule has 0 fully saturated rings. The van der Waals surface area contributed by atoms with Gasteiger partial charge in [-0.25, -0.2) is 8.42 Å². The van der Waals surface area contributed by atoms with Gasteiger partial charge in [-0.1, -0.05) is 12.8 Å². The van der Waals surface area contributed by atoms with Gasteiger partial charge in [0.15, 0.2) is 0 Å². The highest BCUT2D eigenvalue weighted by atomic mass is 32.2. The molecule has 0 aliphatic heterocycles. The maximum absolute atomic E-state index is 12.3. The quantitative estimate of drug-likeness (QED) is 0.793. The van der Waals surface area contributed by atoms with E-state index in [0.717, 1.165) is 6.42 Å². The first-order chi connectivity index (χ1) is 8.07. The highest BCUT2D eigenvalue weighted by molar-refractivity contribution is 7.89. The fraction of sp³-hybridized carbons (Fsp3) is 0.455. The third-order valence-corrected chi connectivity index (χ3v) is 5.25. The summed E-state index contributed by atoms with van der Waals surface area (Å²) in [5.74, 6) is 2.38. The summed E-state index contributed by atoms with van der Waals surface area (Å²) in [5, 5.41) is 1.73. The molecule has 94 valence electrons. The van der Waals surface area contributed by atoms with E-state index < -0.39 is 10.0 Å². The summed E-state index contributed by atoms with van der Waals surface area (Å²) >= 11 is 1.35. The van der Waals surface area contributed by atoms with E-state index in [1.54, 1.807) is 11.4 Å². The van der Waals surface area contributed by atoms with Crippen molar-refractivity contribution in [1.29, 1.82) is 0 Å². The van der Waals surface area contributed by atoms with E-state index in [4.69, 9.17) is 12.2 Å². The number of hydrogen-bond donors (Lipinski definition) is 1. The van der Waals surface area contributed by atoms with Crippen molar-refractivity contribution in [1.82, 2.24) is 4.31 Å². The van der Waals surface area contributed by atoms with Crippen LogP contribution in [0.2, 0.25) is 0 Å². The number of thiophene rings is 1. The highest BCUT2D eigenvalue weighted by Crippen LogP contribution is 2.24. The topological polar surface area (TPSA) is 63.4 Å². The minimum Gasteiger partial charge on any atom is -0.326 e. The summed E-state index contributed by atoms with van der Waals surface area (Å²) in [6.45, 7) is 2.65. The summed E-state index contributed by atoms with van der Waals surface area (Å²) < 4.78 is 26.0. The predicted octanol–water partition coefficient (Wildman–Crippen LogP) is 1.24. The second-order valence-corrected chi connectivity index (χ2v) is 6.36. The normalized spacial score (nSPS) is 11.6. The fourth-order valence-corrected chi connectivity index (χ4v) is 4.23. The largest absolute Gasteiger partial charge is 0.326 e. The van der Waals surface area contributed by atoms with Gasteiger partial charge in [0.25, 0.3) is 0 Å². The Balaban J connectivity index is 3.12. The summed E-state index contributed by atoms with van der Waals surface area (Å²) in [6, 6.07) is 1.58. The average molecular weight is 272 g/mol. The van der Waals surface area contributed by atoms with Crippen molar-refractivity contribution >= 4 is 21.4 Å². The highest BCUT2D eigenvalue weighted by Gasteiger charge is 2.26. The summed E-state index contributed by atoms with van der Waals surface area (Å²) in [7, 11) is -3.50. The number of nitrogens with zero attached hydrogens (tertiary/aromatic N) is 1. The molecule has 0 unspecified atom stereocenters. The Morgan fingerprint density at radius 3 is 2.82 bits per heavy atom. The first-order valence-corrected chi connectivity index (χ1v) is 7.60. The van der Waals surface area contributed by atoms with Gasteiger partial charge in [0.05, 0.1) is 11.4 Å². The van der Waals surface area contributed by atoms with Gasteiger partial charge in [0, 0.05) is 18.0 Å². The summed E-state index contributed by atoms with van der Waals surface area (Å²) in [6.07, 6.45) is 5.93. The van der Waals surface area contributed by atoms with Crippen LogP contribution < -0.4 is 5.73 Å². The molecule has 17 heavy (non-hydrogen) atoms. The Labute approximate surface area is 106 Å². The van der Waals surface area contributed by atoms with Crippen molar-refractivity contribution in [3.05, 3.63) is 16.3 Å². The van der Waals surface area contributed by atoms with Gasteiger partial charge in [-0.2, -0.15) is 4.31 Å². The first-order valence-electron chi connectivity index (χ1n) is 5.28. The molecule has 1 rings (SSSR count). The lowest BCUT2D eigenvalue weighted by molar-refractivity contribution is 0.445. The van der Waals surface area contributed by atoms with Crippen molar-refractivity contribution in [2.45, 2.75) is 24.8 Å². The zero-order valence-electron chi connectivity index (χ0n) is 9.72. The molecule has 1 aromatic heterocycles. The van der Waals surface area contributed by atoms with E-state index in [0.29, 0.717) is 11.4 Å². The Hall–Kier alpha value is -0.870. The summed E-state index contributed by atoms with van der Waals surface area (Å²) in [4.78, 5) is 0.955. The van der Waals surface area contributed by atoms with Crippen LogP contribution in [0.15, 0.2) is 16.3 Å². The number of sulfonamides is 1. The number of terminal acetylenes is 1. The van der Waals surface area contributed by atoms with Gasteiger partial charge in [0.2, 0.25) is 10.0 Å². The first kappa shape index (κ1) is 14.2. The van der Waals surface area contributed by atoms with Crippen molar-refractivity contribution in [3.8, 4) is 12.3 Å². The van der Waals surface area contributed by atoms with Crippen molar-refractivity contribution < 1.29 is 8.42 Å². The standard InChI is InChI=1S/C11H16N2O2S2/c1-3-6-13(7-4-2)17(14,15)11-5-8-16-10(11)9-12/h1,5,8H,4,6-7,9,12H2,2H3. The van der Waals surface area contributed by atoms with Crippen LogP contribution in [0.25, 0.3) is 0 Å². The molecule has 0 amide bonds. The second kappa shape index (κ2) is 6.17. The third kappa shape index (κ3) is 3.07. The number of nitrogens with two attached hydrogens (primary N) is 1. The molecule has 1 heterocycles. The molecule has 4 nitrogen and oxygen atoms in total. The molecule has 0 bridgehead atoms. The molecule has 0 radical (unpaired) electrons. The number of rotatable bonds is 6. The van der Waals surface area contributed by atoms with Crippen LogP contribution >= 0.6 is 11.3 Å². The fourth-order valence-electron chi connectivity index (χ4n) is 1.48. The zero-order chi connectivity index (χ0) is 12.9. The zero-order valence-corrected chi connectivity index (χ0v) is 11.4. The molecule has 1 aromatic rings. The smallest absolute Gasteiger partial charge is 0.245 e. The minimum absolute atomic E-state index is 0.0933. The van der Waals surface area contributed by atoms with Gasteiger partial charge >= 0.3 is 0 Å². The van der Waals surface area contributed by atoms with Crippen LogP contribution in [0, 0.1) is 12.3 Å². The summed E-state index contributed by atoms with van der Waals surface area (Å²) in [5.41, 5.74) is 5.53. The monoisotopic (exact) mass is 272 g/mol. The molecule has 0 saturated heterocycles. The third-order valence-electron chi connectivity index (χ3n) is 2.25. The Morgan fingerprint density at radius 2 is 2.29 bits per heavy atom. The van der Waals surface area contributed by atoms with Crippen LogP contribution in [0.3, 0.4) is 0 Å². The Kier molecular flexibility index (Phi) is 5.15. The molecule has 0 aliphatic carbocycles. The number of hydrogen-bond acceptors (Lipinski definition) is 4. The molecule has 0 saturated carbocycles. The molecule has 6 heteroatoms. The Bertz CT molecular complexity index is 500. The van der Waals surface area contributed by atoms with E-state index in [1.165, 1.54) is 15.6 Å². The van der Waals surface area contributed by atoms with E-state index in [1.807, 2.05) is 6.92 Å². The Morgan fingerprint density at radius 1 is 1.59 bits per heavy atom. The maximum Gasteiger partial charge on any atom is 0.245 e. The van der Waals surface area contributed by atoms with Gasteiger partial charge in [-0.05, 0) is 17.9 Å². The van der Waals surface area contributed by atoms with Crippen LogP contribution in [-0.4, -0.2) is 25.8 Å². The van der Waals surface area contributed by atoms with E-state index in [2.05, 4.69) is 5.92 Å². The SMILES string of the molecule is C#CCN(CCC)S(=O)(=O)c1ccsc1CN. The van der Waals surface area contributed by atoms with Crippen molar-refractivity contribution in [2.75, 3.05) is 13.1 Å². The molecule has 0 aliphatic rings. The van der Waals surface area contributed by atoms with Crippen LogP contribution in [0.5, 0.6) is 0 Å². The molecular weight excluding hydrogens is 256 g/mol. The second-order valence-electron chi connectivity index (χ2n) is 3.45. The lowest BCUT2D eigenvalue weighted by atomic mass is 10.5. The maximum atomic E-state index is 12.3. The van der Waals surface area contributed by atoms with E-state index in [9.17, 15) is 8.42 Å². The van der Waals surface area contributed by atoms with E-state index in [-0.39, 0.29) is 18.0 Å². The van der Waals surface area contributed by atoms with Crippen molar-refractivity contribution in [2.24, 2.45) is 5.73 Å². The van der Waals surface area contributed by atoms with Crippen LogP contribution in [0.4, 0.5) is 0 Å². The lowest BCUT2D eigenvalue weighted by Gasteiger charge is -2.19. The van der Waals surface area contributed by atoms with E-state index >= 15 is 0 Å². The van der Waals surface area contributed by atoms with Gasteiger partial charge in [-0.3, -0.25) is 0 Å².